The van der Waals surface area contributed by atoms with Gasteiger partial charge in [0.2, 0.25) is 0 Å². The Morgan fingerprint density at radius 3 is 2.38 bits per heavy atom. The highest BCUT2D eigenvalue weighted by Crippen LogP contribution is 2.13. The minimum absolute atomic E-state index is 0.166. The Balaban J connectivity index is 2.12. The largest absolute Gasteiger partial charge is 0.469 e. The van der Waals surface area contributed by atoms with Crippen LogP contribution in [0.4, 0.5) is 0 Å². The van der Waals surface area contributed by atoms with Crippen LogP contribution in [0.15, 0.2) is 48.8 Å². The standard InChI is InChI=1S/C18H22N2O4/c1-14(18(23)24-2)13-20(11-12-21)17(22)15-5-7-16(8-6-15)19-9-3-4-10-19/h3-10,14,21H,11-13H2,1-2H3. The number of carbonyl (C=O) groups excluding carboxylic acids is 2. The first-order valence-corrected chi connectivity index (χ1v) is 7.78. The molecule has 0 fully saturated rings. The molecule has 6 nitrogen and oxygen atoms in total. The van der Waals surface area contributed by atoms with E-state index in [-0.39, 0.29) is 31.6 Å². The second-order valence-electron chi connectivity index (χ2n) is 5.54. The van der Waals surface area contributed by atoms with Crippen LogP contribution in [0.5, 0.6) is 0 Å². The smallest absolute Gasteiger partial charge is 0.310 e. The molecule has 1 aromatic carbocycles. The summed E-state index contributed by atoms with van der Waals surface area (Å²) < 4.78 is 6.63. The third-order valence-electron chi connectivity index (χ3n) is 3.77. The van der Waals surface area contributed by atoms with Crippen LogP contribution >= 0.6 is 0 Å². The maximum Gasteiger partial charge on any atom is 0.310 e. The van der Waals surface area contributed by atoms with Crippen molar-refractivity contribution in [3.8, 4) is 5.69 Å². The Kier molecular flexibility index (Phi) is 6.14. The van der Waals surface area contributed by atoms with Gasteiger partial charge in [-0.15, -0.1) is 0 Å². The summed E-state index contributed by atoms with van der Waals surface area (Å²) in [5.41, 5.74) is 1.46. The molecule has 0 spiro atoms. The van der Waals surface area contributed by atoms with Crippen molar-refractivity contribution in [3.05, 3.63) is 54.4 Å². The van der Waals surface area contributed by atoms with Crippen molar-refractivity contribution in [2.75, 3.05) is 26.8 Å². The van der Waals surface area contributed by atoms with E-state index in [9.17, 15) is 14.7 Å². The topological polar surface area (TPSA) is 71.8 Å². The molecule has 0 aliphatic heterocycles. The van der Waals surface area contributed by atoms with E-state index in [1.807, 2.05) is 41.2 Å². The minimum Gasteiger partial charge on any atom is -0.469 e. The summed E-state index contributed by atoms with van der Waals surface area (Å²) in [6.45, 7) is 1.89. The first-order valence-electron chi connectivity index (χ1n) is 7.78. The molecule has 1 heterocycles. The predicted octanol–water partition coefficient (Wildman–Crippen LogP) is 1.72. The Morgan fingerprint density at radius 2 is 1.83 bits per heavy atom. The number of rotatable bonds is 7. The summed E-state index contributed by atoms with van der Waals surface area (Å²) in [7, 11) is 1.32. The Morgan fingerprint density at radius 1 is 1.21 bits per heavy atom. The molecule has 1 amide bonds. The lowest BCUT2D eigenvalue weighted by atomic mass is 10.1. The van der Waals surface area contributed by atoms with E-state index in [1.54, 1.807) is 19.1 Å². The van der Waals surface area contributed by atoms with Gasteiger partial charge in [-0.1, -0.05) is 6.92 Å². The molecule has 24 heavy (non-hydrogen) atoms. The van der Waals surface area contributed by atoms with Gasteiger partial charge in [-0.3, -0.25) is 9.59 Å². The Bertz CT molecular complexity index is 665. The highest BCUT2D eigenvalue weighted by atomic mass is 16.5. The molecule has 1 atom stereocenters. The molecule has 0 aliphatic carbocycles. The second-order valence-corrected chi connectivity index (χ2v) is 5.54. The molecule has 0 saturated carbocycles. The molecule has 1 aromatic heterocycles. The molecule has 0 radical (unpaired) electrons. The van der Waals surface area contributed by atoms with Gasteiger partial charge in [-0.2, -0.15) is 0 Å². The van der Waals surface area contributed by atoms with Crippen LogP contribution in [0.2, 0.25) is 0 Å². The summed E-state index contributed by atoms with van der Waals surface area (Å²) in [4.78, 5) is 25.7. The van der Waals surface area contributed by atoms with Crippen LogP contribution in [0.3, 0.4) is 0 Å². The van der Waals surface area contributed by atoms with Crippen molar-refractivity contribution in [1.82, 2.24) is 9.47 Å². The number of aliphatic hydroxyl groups excluding tert-OH is 1. The lowest BCUT2D eigenvalue weighted by Gasteiger charge is -2.24. The average Bonchev–Trinajstić information content (AvgIpc) is 3.14. The maximum absolute atomic E-state index is 12.6. The van der Waals surface area contributed by atoms with Crippen molar-refractivity contribution in [2.24, 2.45) is 5.92 Å². The lowest BCUT2D eigenvalue weighted by Crippen LogP contribution is -2.39. The molecule has 1 N–H and O–H groups in total. The normalized spacial score (nSPS) is 11.8. The van der Waals surface area contributed by atoms with Crippen molar-refractivity contribution in [2.45, 2.75) is 6.92 Å². The van der Waals surface area contributed by atoms with Gasteiger partial charge in [0.25, 0.3) is 5.91 Å². The van der Waals surface area contributed by atoms with Gasteiger partial charge in [0.1, 0.15) is 0 Å². The molecule has 128 valence electrons. The Hall–Kier alpha value is -2.60. The van der Waals surface area contributed by atoms with Crippen LogP contribution < -0.4 is 0 Å². The summed E-state index contributed by atoms with van der Waals surface area (Å²) in [6, 6.07) is 11.0. The van der Waals surface area contributed by atoms with Crippen LogP contribution in [-0.2, 0) is 9.53 Å². The average molecular weight is 330 g/mol. The number of benzene rings is 1. The fraction of sp³-hybridized carbons (Fsp3) is 0.333. The molecular weight excluding hydrogens is 308 g/mol. The number of amides is 1. The molecule has 0 aliphatic rings. The van der Waals surface area contributed by atoms with Gasteiger partial charge in [0.15, 0.2) is 0 Å². The van der Waals surface area contributed by atoms with E-state index in [2.05, 4.69) is 0 Å². The molecule has 2 rings (SSSR count). The number of hydrogen-bond donors (Lipinski definition) is 1. The van der Waals surface area contributed by atoms with Gasteiger partial charge in [-0.25, -0.2) is 0 Å². The van der Waals surface area contributed by atoms with Gasteiger partial charge >= 0.3 is 5.97 Å². The van der Waals surface area contributed by atoms with Crippen molar-refractivity contribution >= 4 is 11.9 Å². The zero-order valence-corrected chi connectivity index (χ0v) is 13.9. The van der Waals surface area contributed by atoms with E-state index in [0.717, 1.165) is 5.69 Å². The van der Waals surface area contributed by atoms with Crippen molar-refractivity contribution in [3.63, 3.8) is 0 Å². The van der Waals surface area contributed by atoms with Gasteiger partial charge in [0.05, 0.1) is 19.6 Å². The van der Waals surface area contributed by atoms with Gasteiger partial charge in [0, 0.05) is 36.7 Å². The number of methoxy groups -OCH3 is 1. The van der Waals surface area contributed by atoms with Gasteiger partial charge in [-0.05, 0) is 36.4 Å². The third kappa shape index (κ3) is 4.23. The third-order valence-corrected chi connectivity index (χ3v) is 3.77. The minimum atomic E-state index is -0.454. The van der Waals surface area contributed by atoms with E-state index < -0.39 is 5.92 Å². The Labute approximate surface area is 141 Å². The van der Waals surface area contributed by atoms with E-state index in [1.165, 1.54) is 12.0 Å². The van der Waals surface area contributed by atoms with Gasteiger partial charge < -0.3 is 19.3 Å². The van der Waals surface area contributed by atoms with Crippen LogP contribution in [0.25, 0.3) is 5.69 Å². The lowest BCUT2D eigenvalue weighted by molar-refractivity contribution is -0.145. The monoisotopic (exact) mass is 330 g/mol. The van der Waals surface area contributed by atoms with E-state index in [4.69, 9.17) is 4.74 Å². The maximum atomic E-state index is 12.6. The molecule has 6 heteroatoms. The fourth-order valence-corrected chi connectivity index (χ4v) is 2.47. The molecular formula is C18H22N2O4. The van der Waals surface area contributed by atoms with Crippen LogP contribution in [0, 0.1) is 5.92 Å². The molecule has 0 bridgehead atoms. The number of nitrogens with zero attached hydrogens (tertiary/aromatic N) is 2. The van der Waals surface area contributed by atoms with E-state index >= 15 is 0 Å². The highest BCUT2D eigenvalue weighted by Gasteiger charge is 2.22. The van der Waals surface area contributed by atoms with Crippen LogP contribution in [0.1, 0.15) is 17.3 Å². The molecule has 1 unspecified atom stereocenters. The predicted molar refractivity (Wildman–Crippen MR) is 89.9 cm³/mol. The summed E-state index contributed by atoms with van der Waals surface area (Å²) >= 11 is 0. The first kappa shape index (κ1) is 17.7. The molecule has 0 saturated heterocycles. The quantitative estimate of drug-likeness (QED) is 0.785. The van der Waals surface area contributed by atoms with Crippen molar-refractivity contribution in [1.29, 1.82) is 0 Å². The summed E-state index contributed by atoms with van der Waals surface area (Å²) in [5.74, 6) is -1.06. The fourth-order valence-electron chi connectivity index (χ4n) is 2.47. The summed E-state index contributed by atoms with van der Waals surface area (Å²) in [6.07, 6.45) is 3.85. The van der Waals surface area contributed by atoms with Crippen molar-refractivity contribution < 1.29 is 19.4 Å². The molecule has 2 aromatic rings. The van der Waals surface area contributed by atoms with E-state index in [0.29, 0.717) is 5.56 Å². The number of aliphatic hydroxyl groups is 1. The number of ether oxygens (including phenoxy) is 1. The zero-order valence-electron chi connectivity index (χ0n) is 13.9. The zero-order chi connectivity index (χ0) is 17.5. The number of aromatic nitrogens is 1. The first-order chi connectivity index (χ1) is 11.6. The SMILES string of the molecule is COC(=O)C(C)CN(CCO)C(=O)c1ccc(-n2cccc2)cc1. The second kappa shape index (κ2) is 8.31. The number of hydrogen-bond acceptors (Lipinski definition) is 4. The number of esters is 1. The summed E-state index contributed by atoms with van der Waals surface area (Å²) in [5, 5.41) is 9.20. The number of carbonyl (C=O) groups is 2. The van der Waals surface area contributed by atoms with Crippen LogP contribution in [-0.4, -0.2) is 53.3 Å². The highest BCUT2D eigenvalue weighted by molar-refractivity contribution is 5.94.